The second-order valence-corrected chi connectivity index (χ2v) is 9.37. The number of benzene rings is 2. The quantitative estimate of drug-likeness (QED) is 0.690. The molecular weight excluding hydrogens is 418 g/mol. The number of nitrogens with one attached hydrogen (secondary N) is 1. The summed E-state index contributed by atoms with van der Waals surface area (Å²) in [5.41, 5.74) is 1.89. The largest absolute Gasteiger partial charge is 0.381 e. The van der Waals surface area contributed by atoms with E-state index in [0.717, 1.165) is 36.5 Å². The molecule has 2 amide bonds. The summed E-state index contributed by atoms with van der Waals surface area (Å²) >= 11 is 0. The summed E-state index contributed by atoms with van der Waals surface area (Å²) in [5.74, 6) is -0.546. The number of rotatable bonds is 6. The number of hydrogen-bond donors (Lipinski definition) is 1. The fraction of sp³-hybridized carbons (Fsp3) is 0.364. The smallest absolute Gasteiger partial charge is 0.261 e. The van der Waals surface area contributed by atoms with Crippen LogP contribution in [0.15, 0.2) is 53.4 Å². The van der Waals surface area contributed by atoms with Gasteiger partial charge in [0.2, 0.25) is 11.8 Å². The highest BCUT2D eigenvalue weighted by atomic mass is 32.2. The summed E-state index contributed by atoms with van der Waals surface area (Å²) in [5, 5.41) is 0. The van der Waals surface area contributed by atoms with Gasteiger partial charge in [0.05, 0.1) is 16.7 Å². The van der Waals surface area contributed by atoms with Crippen molar-refractivity contribution in [2.24, 2.45) is 0 Å². The normalized spacial score (nSPS) is 18.0. The summed E-state index contributed by atoms with van der Waals surface area (Å²) in [4.78, 5) is 27.1. The molecule has 0 spiro atoms. The van der Waals surface area contributed by atoms with Crippen LogP contribution in [0.25, 0.3) is 0 Å². The van der Waals surface area contributed by atoms with Gasteiger partial charge < -0.3 is 9.64 Å². The molecule has 0 atom stereocenters. The molecule has 2 saturated heterocycles. The van der Waals surface area contributed by atoms with Gasteiger partial charge in [-0.25, -0.2) is 8.42 Å². The average Bonchev–Trinajstić information content (AvgIpc) is 3.12. The number of methoxy groups -OCH3 is 1. The van der Waals surface area contributed by atoms with E-state index in [1.807, 2.05) is 12.1 Å². The highest BCUT2D eigenvalue weighted by Crippen LogP contribution is 2.26. The zero-order valence-electron chi connectivity index (χ0n) is 17.3. The summed E-state index contributed by atoms with van der Waals surface area (Å²) in [6.45, 7) is 1.80. The molecule has 31 heavy (non-hydrogen) atoms. The average molecular weight is 444 g/mol. The third-order valence-corrected chi connectivity index (χ3v) is 7.11. The number of sulfonamides is 1. The van der Waals surface area contributed by atoms with Crippen LogP contribution in [0.3, 0.4) is 0 Å². The summed E-state index contributed by atoms with van der Waals surface area (Å²) in [7, 11) is -2.06. The standard InChI is InChI=1S/C22H25N3O5S/c1-30-19-12-14-24(15-13-19)17-4-2-16(3-5-17)23-31(28,29)20-8-6-18(7-9-20)25-21(26)10-11-22(25)27/h2-9,19,23H,10-15H2,1H3. The van der Waals surface area contributed by atoms with E-state index < -0.39 is 10.0 Å². The molecule has 8 nitrogen and oxygen atoms in total. The number of amides is 2. The first-order chi connectivity index (χ1) is 14.9. The number of carbonyl (C=O) groups is 2. The van der Waals surface area contributed by atoms with Crippen LogP contribution in [-0.4, -0.2) is 46.5 Å². The lowest BCUT2D eigenvalue weighted by Crippen LogP contribution is -2.36. The fourth-order valence-corrected chi connectivity index (χ4v) is 5.00. The zero-order valence-corrected chi connectivity index (χ0v) is 18.1. The molecule has 9 heteroatoms. The molecule has 0 saturated carbocycles. The van der Waals surface area contributed by atoms with Crippen molar-refractivity contribution in [3.8, 4) is 0 Å². The monoisotopic (exact) mass is 443 g/mol. The van der Waals surface area contributed by atoms with Gasteiger partial charge >= 0.3 is 0 Å². The Labute approximate surface area is 181 Å². The predicted molar refractivity (Wildman–Crippen MR) is 118 cm³/mol. The van der Waals surface area contributed by atoms with Crippen molar-refractivity contribution in [2.45, 2.75) is 36.7 Å². The van der Waals surface area contributed by atoms with Crippen LogP contribution in [0.1, 0.15) is 25.7 Å². The number of piperidine rings is 1. The van der Waals surface area contributed by atoms with Crippen molar-refractivity contribution in [3.63, 3.8) is 0 Å². The molecule has 4 rings (SSSR count). The summed E-state index contributed by atoms with van der Waals surface area (Å²) in [6.07, 6.45) is 2.60. The van der Waals surface area contributed by atoms with E-state index in [9.17, 15) is 18.0 Å². The van der Waals surface area contributed by atoms with Gasteiger partial charge in [0.15, 0.2) is 0 Å². The number of imide groups is 1. The zero-order chi connectivity index (χ0) is 22.0. The van der Waals surface area contributed by atoms with Crippen LogP contribution >= 0.6 is 0 Å². The summed E-state index contributed by atoms with van der Waals surface area (Å²) in [6, 6.07) is 13.0. The molecule has 0 radical (unpaired) electrons. The van der Waals surface area contributed by atoms with Crippen LogP contribution in [0, 0.1) is 0 Å². The van der Waals surface area contributed by atoms with Crippen LogP contribution in [-0.2, 0) is 24.3 Å². The van der Waals surface area contributed by atoms with E-state index in [2.05, 4.69) is 9.62 Å². The second kappa shape index (κ2) is 8.68. The molecule has 2 aliphatic heterocycles. The van der Waals surface area contributed by atoms with E-state index in [1.165, 1.54) is 24.3 Å². The summed E-state index contributed by atoms with van der Waals surface area (Å²) < 4.78 is 33.4. The van der Waals surface area contributed by atoms with Gasteiger partial charge in [0.1, 0.15) is 0 Å². The maximum Gasteiger partial charge on any atom is 0.261 e. The third kappa shape index (κ3) is 4.57. The molecule has 1 N–H and O–H groups in total. The highest BCUT2D eigenvalue weighted by Gasteiger charge is 2.30. The molecule has 0 aromatic heterocycles. The van der Waals surface area contributed by atoms with Gasteiger partial charge in [-0.1, -0.05) is 0 Å². The first-order valence-corrected chi connectivity index (χ1v) is 11.7. The minimum atomic E-state index is -3.80. The van der Waals surface area contributed by atoms with Gasteiger partial charge in [-0.05, 0) is 61.4 Å². The first kappa shape index (κ1) is 21.3. The van der Waals surface area contributed by atoms with Crippen molar-refractivity contribution in [2.75, 3.05) is 34.7 Å². The van der Waals surface area contributed by atoms with Crippen molar-refractivity contribution in [1.29, 1.82) is 0 Å². The highest BCUT2D eigenvalue weighted by molar-refractivity contribution is 7.92. The molecule has 2 aromatic rings. The number of anilines is 3. The Kier molecular flexibility index (Phi) is 5.97. The lowest BCUT2D eigenvalue weighted by molar-refractivity contribution is -0.121. The Balaban J connectivity index is 1.43. The van der Waals surface area contributed by atoms with Crippen molar-refractivity contribution in [3.05, 3.63) is 48.5 Å². The van der Waals surface area contributed by atoms with Crippen molar-refractivity contribution >= 4 is 38.9 Å². The van der Waals surface area contributed by atoms with E-state index >= 15 is 0 Å². The molecule has 0 bridgehead atoms. The van der Waals surface area contributed by atoms with E-state index in [1.54, 1.807) is 19.2 Å². The Bertz CT molecular complexity index is 1040. The molecule has 2 fully saturated rings. The molecule has 0 aliphatic carbocycles. The number of hydrogen-bond acceptors (Lipinski definition) is 6. The van der Waals surface area contributed by atoms with Crippen LogP contribution in [0.5, 0.6) is 0 Å². The Morgan fingerprint density at radius 2 is 1.42 bits per heavy atom. The second-order valence-electron chi connectivity index (χ2n) is 7.69. The van der Waals surface area contributed by atoms with Gasteiger partial charge in [-0.3, -0.25) is 19.2 Å². The van der Waals surface area contributed by atoms with Gasteiger partial charge in [-0.2, -0.15) is 0 Å². The number of ether oxygens (including phenoxy) is 1. The minimum Gasteiger partial charge on any atom is -0.381 e. The third-order valence-electron chi connectivity index (χ3n) is 5.72. The molecule has 2 heterocycles. The van der Waals surface area contributed by atoms with Crippen LogP contribution < -0.4 is 14.5 Å². The Morgan fingerprint density at radius 1 is 0.871 bits per heavy atom. The molecule has 164 valence electrons. The van der Waals surface area contributed by atoms with E-state index in [0.29, 0.717) is 17.5 Å². The van der Waals surface area contributed by atoms with Gasteiger partial charge in [0, 0.05) is 44.4 Å². The maximum absolute atomic E-state index is 12.7. The Morgan fingerprint density at radius 3 is 1.97 bits per heavy atom. The molecule has 2 aromatic carbocycles. The first-order valence-electron chi connectivity index (χ1n) is 10.2. The van der Waals surface area contributed by atoms with Gasteiger partial charge in [0.25, 0.3) is 10.0 Å². The van der Waals surface area contributed by atoms with Crippen molar-refractivity contribution in [1.82, 2.24) is 0 Å². The number of nitrogens with zero attached hydrogens (tertiary/aromatic N) is 2. The minimum absolute atomic E-state index is 0.0565. The number of carbonyl (C=O) groups excluding carboxylic acids is 2. The topological polar surface area (TPSA) is 96.0 Å². The van der Waals surface area contributed by atoms with Gasteiger partial charge in [-0.15, -0.1) is 0 Å². The predicted octanol–water partition coefficient (Wildman–Crippen LogP) is 2.76. The van der Waals surface area contributed by atoms with Crippen LogP contribution in [0.4, 0.5) is 17.1 Å². The van der Waals surface area contributed by atoms with E-state index in [4.69, 9.17) is 4.74 Å². The maximum atomic E-state index is 12.7. The fourth-order valence-electron chi connectivity index (χ4n) is 3.94. The van der Waals surface area contributed by atoms with Crippen molar-refractivity contribution < 1.29 is 22.7 Å². The molecular formula is C22H25N3O5S. The Hall–Kier alpha value is -2.91. The SMILES string of the molecule is COC1CCN(c2ccc(NS(=O)(=O)c3ccc(N4C(=O)CCC4=O)cc3)cc2)CC1. The van der Waals surface area contributed by atoms with E-state index in [-0.39, 0.29) is 29.6 Å². The lowest BCUT2D eigenvalue weighted by Gasteiger charge is -2.33. The molecule has 0 unspecified atom stereocenters. The molecule has 2 aliphatic rings. The van der Waals surface area contributed by atoms with Crippen LogP contribution in [0.2, 0.25) is 0 Å². The lowest BCUT2D eigenvalue weighted by atomic mass is 10.1.